The normalized spacial score (nSPS) is 21.6. The SMILES string of the molecule is C[C@@H](OC(=O)C1CCC(C(C)(C)C)CC1)C(=O)c1ccc(NS(C)(=O)=O)cc1. The van der Waals surface area contributed by atoms with Crippen LogP contribution in [0.2, 0.25) is 0 Å². The number of anilines is 1. The number of nitrogens with one attached hydrogen (secondary N) is 1. The molecule has 0 bridgehead atoms. The molecule has 2 rings (SSSR count). The Morgan fingerprint density at radius 1 is 1.07 bits per heavy atom. The zero-order valence-corrected chi connectivity index (χ0v) is 18.1. The van der Waals surface area contributed by atoms with E-state index in [2.05, 4.69) is 25.5 Å². The molecule has 0 amide bonds. The van der Waals surface area contributed by atoms with E-state index in [1.165, 1.54) is 24.3 Å². The minimum absolute atomic E-state index is 0.143. The number of carbonyl (C=O) groups excluding carboxylic acids is 2. The van der Waals surface area contributed by atoms with Crippen LogP contribution in [0.1, 0.15) is 63.7 Å². The van der Waals surface area contributed by atoms with Crippen molar-refractivity contribution in [2.75, 3.05) is 11.0 Å². The summed E-state index contributed by atoms with van der Waals surface area (Å²) in [6.45, 7) is 8.26. The average Bonchev–Trinajstić information content (AvgIpc) is 2.59. The zero-order valence-electron chi connectivity index (χ0n) is 17.3. The van der Waals surface area contributed by atoms with E-state index in [0.29, 0.717) is 17.2 Å². The zero-order chi connectivity index (χ0) is 21.1. The van der Waals surface area contributed by atoms with E-state index in [4.69, 9.17) is 4.74 Å². The molecular weight excluding hydrogens is 378 g/mol. The maximum absolute atomic E-state index is 12.5. The third kappa shape index (κ3) is 6.33. The smallest absolute Gasteiger partial charge is 0.309 e. The molecule has 1 fully saturated rings. The summed E-state index contributed by atoms with van der Waals surface area (Å²) < 4.78 is 30.3. The van der Waals surface area contributed by atoms with Crippen LogP contribution in [0.3, 0.4) is 0 Å². The van der Waals surface area contributed by atoms with Crippen molar-refractivity contribution < 1.29 is 22.7 Å². The topological polar surface area (TPSA) is 89.5 Å². The van der Waals surface area contributed by atoms with Crippen molar-refractivity contribution in [3.8, 4) is 0 Å². The predicted molar refractivity (Wildman–Crippen MR) is 110 cm³/mol. The molecule has 0 radical (unpaired) electrons. The van der Waals surface area contributed by atoms with Crippen LogP contribution < -0.4 is 4.72 Å². The predicted octanol–water partition coefficient (Wildman–Crippen LogP) is 4.03. The van der Waals surface area contributed by atoms with Gasteiger partial charge in [0, 0.05) is 11.3 Å². The highest BCUT2D eigenvalue weighted by molar-refractivity contribution is 7.92. The number of Topliss-reactive ketones (excluding diaryl/α,β-unsaturated/α-hetero) is 1. The van der Waals surface area contributed by atoms with E-state index in [0.717, 1.165) is 31.9 Å². The highest BCUT2D eigenvalue weighted by Crippen LogP contribution is 2.40. The highest BCUT2D eigenvalue weighted by atomic mass is 32.2. The van der Waals surface area contributed by atoms with Crippen LogP contribution in [0, 0.1) is 17.3 Å². The largest absolute Gasteiger partial charge is 0.454 e. The third-order valence-corrected chi connectivity index (χ3v) is 6.03. The van der Waals surface area contributed by atoms with Gasteiger partial charge in [0.1, 0.15) is 0 Å². The maximum Gasteiger partial charge on any atom is 0.309 e. The molecule has 156 valence electrons. The first-order valence-corrected chi connectivity index (χ1v) is 11.6. The van der Waals surface area contributed by atoms with Gasteiger partial charge in [-0.3, -0.25) is 14.3 Å². The van der Waals surface area contributed by atoms with Gasteiger partial charge in [-0.1, -0.05) is 20.8 Å². The molecule has 0 unspecified atom stereocenters. The number of hydrogen-bond donors (Lipinski definition) is 1. The second kappa shape index (κ2) is 8.64. The average molecular weight is 410 g/mol. The quantitative estimate of drug-likeness (QED) is 0.566. The molecule has 1 N–H and O–H groups in total. The Morgan fingerprint density at radius 3 is 2.07 bits per heavy atom. The van der Waals surface area contributed by atoms with Crippen molar-refractivity contribution in [3.05, 3.63) is 29.8 Å². The second-order valence-electron chi connectivity index (χ2n) is 8.81. The molecule has 7 heteroatoms. The molecule has 0 aromatic heterocycles. The molecule has 0 heterocycles. The first-order chi connectivity index (χ1) is 12.9. The summed E-state index contributed by atoms with van der Waals surface area (Å²) in [6.07, 6.45) is 3.78. The van der Waals surface area contributed by atoms with Gasteiger partial charge in [-0.25, -0.2) is 8.42 Å². The van der Waals surface area contributed by atoms with Gasteiger partial charge in [0.15, 0.2) is 6.10 Å². The molecule has 0 aliphatic heterocycles. The van der Waals surface area contributed by atoms with Crippen molar-refractivity contribution >= 4 is 27.5 Å². The number of hydrogen-bond acceptors (Lipinski definition) is 5. The van der Waals surface area contributed by atoms with E-state index >= 15 is 0 Å². The summed E-state index contributed by atoms with van der Waals surface area (Å²) in [7, 11) is -3.37. The van der Waals surface area contributed by atoms with Crippen molar-refractivity contribution in [2.24, 2.45) is 17.3 Å². The van der Waals surface area contributed by atoms with Crippen LogP contribution in [0.5, 0.6) is 0 Å². The van der Waals surface area contributed by atoms with Crippen LogP contribution in [0.4, 0.5) is 5.69 Å². The summed E-state index contributed by atoms with van der Waals surface area (Å²) in [4.78, 5) is 25.0. The molecule has 28 heavy (non-hydrogen) atoms. The summed E-state index contributed by atoms with van der Waals surface area (Å²) in [5.41, 5.74) is 0.992. The number of sulfonamides is 1. The maximum atomic E-state index is 12.5. The lowest BCUT2D eigenvalue weighted by Gasteiger charge is -2.36. The van der Waals surface area contributed by atoms with Crippen LogP contribution in [0.25, 0.3) is 0 Å². The minimum Gasteiger partial charge on any atom is -0.454 e. The Bertz CT molecular complexity index is 800. The fourth-order valence-corrected chi connectivity index (χ4v) is 4.23. The van der Waals surface area contributed by atoms with E-state index in [1.54, 1.807) is 6.92 Å². The van der Waals surface area contributed by atoms with Crippen LogP contribution >= 0.6 is 0 Å². The Labute approximate surface area is 168 Å². The molecule has 1 aromatic rings. The number of ether oxygens (including phenoxy) is 1. The van der Waals surface area contributed by atoms with Crippen molar-refractivity contribution in [1.82, 2.24) is 0 Å². The second-order valence-corrected chi connectivity index (χ2v) is 10.6. The van der Waals surface area contributed by atoms with E-state index in [9.17, 15) is 18.0 Å². The Kier molecular flexibility index (Phi) is 6.91. The first kappa shape index (κ1) is 22.4. The number of esters is 1. The van der Waals surface area contributed by atoms with E-state index < -0.39 is 16.1 Å². The number of rotatable bonds is 6. The molecule has 1 aliphatic carbocycles. The molecule has 1 aliphatic rings. The van der Waals surface area contributed by atoms with Gasteiger partial charge in [0.25, 0.3) is 0 Å². The lowest BCUT2D eigenvalue weighted by atomic mass is 9.70. The molecule has 1 saturated carbocycles. The standard InChI is InChI=1S/C21H31NO5S/c1-14(19(23)15-8-12-18(13-9-15)22-28(5,25)26)27-20(24)16-6-10-17(11-7-16)21(2,3)4/h8-9,12-14,16-17,22H,6-7,10-11H2,1-5H3/t14-,16?,17?/m1/s1. The van der Waals surface area contributed by atoms with Gasteiger partial charge in [0.2, 0.25) is 15.8 Å². The number of benzene rings is 1. The first-order valence-electron chi connectivity index (χ1n) is 9.69. The Morgan fingerprint density at radius 2 is 1.61 bits per heavy atom. The summed E-state index contributed by atoms with van der Waals surface area (Å²) >= 11 is 0. The van der Waals surface area contributed by atoms with E-state index in [-0.39, 0.29) is 23.1 Å². The molecule has 1 aromatic carbocycles. The number of ketones is 1. The van der Waals surface area contributed by atoms with E-state index in [1.807, 2.05) is 0 Å². The Hall–Kier alpha value is -1.89. The monoisotopic (exact) mass is 409 g/mol. The van der Waals surface area contributed by atoms with Gasteiger partial charge in [-0.05, 0) is 68.2 Å². The van der Waals surface area contributed by atoms with Gasteiger partial charge < -0.3 is 4.74 Å². The Balaban J connectivity index is 1.91. The van der Waals surface area contributed by atoms with Crippen molar-refractivity contribution in [1.29, 1.82) is 0 Å². The van der Waals surface area contributed by atoms with Gasteiger partial charge in [-0.15, -0.1) is 0 Å². The minimum atomic E-state index is -3.37. The molecule has 6 nitrogen and oxygen atoms in total. The fraction of sp³-hybridized carbons (Fsp3) is 0.619. The molecule has 0 saturated heterocycles. The third-order valence-electron chi connectivity index (χ3n) is 5.42. The lowest BCUT2D eigenvalue weighted by Crippen LogP contribution is -2.32. The highest BCUT2D eigenvalue weighted by Gasteiger charge is 2.34. The van der Waals surface area contributed by atoms with Crippen molar-refractivity contribution in [3.63, 3.8) is 0 Å². The summed E-state index contributed by atoms with van der Waals surface area (Å²) in [5, 5.41) is 0. The number of carbonyl (C=O) groups is 2. The van der Waals surface area contributed by atoms with Crippen LogP contribution in [-0.2, 0) is 19.6 Å². The van der Waals surface area contributed by atoms with Crippen LogP contribution in [-0.4, -0.2) is 32.5 Å². The summed E-state index contributed by atoms with van der Waals surface area (Å²) in [5.74, 6) is -0.143. The molecule has 0 spiro atoms. The van der Waals surface area contributed by atoms with Crippen LogP contribution in [0.15, 0.2) is 24.3 Å². The van der Waals surface area contributed by atoms with Crippen molar-refractivity contribution in [2.45, 2.75) is 59.5 Å². The summed E-state index contributed by atoms with van der Waals surface area (Å²) in [6, 6.07) is 6.07. The fourth-order valence-electron chi connectivity index (χ4n) is 3.67. The van der Waals surface area contributed by atoms with Gasteiger partial charge in [-0.2, -0.15) is 0 Å². The van der Waals surface area contributed by atoms with Gasteiger partial charge in [0.05, 0.1) is 12.2 Å². The molecular formula is C21H31NO5S. The molecule has 1 atom stereocenters. The van der Waals surface area contributed by atoms with Gasteiger partial charge >= 0.3 is 5.97 Å². The lowest BCUT2D eigenvalue weighted by molar-refractivity contribution is -0.153.